The fraction of sp³-hybridized carbons (Fsp3) is 0.520. The zero-order valence-electron chi connectivity index (χ0n) is 24.1. The highest BCUT2D eigenvalue weighted by molar-refractivity contribution is 5.37. The summed E-state index contributed by atoms with van der Waals surface area (Å²) in [5.41, 5.74) is -30.3. The highest BCUT2D eigenvalue weighted by Gasteiger charge is 2.75. The molecule has 0 aromatic heterocycles. The number of halogens is 23. The van der Waals surface area contributed by atoms with Crippen LogP contribution in [0, 0.1) is 0 Å². The average molecular weight is 816 g/mol. The summed E-state index contributed by atoms with van der Waals surface area (Å²) in [5, 5.41) is 36.6. The first-order chi connectivity index (χ1) is 22.4. The van der Waals surface area contributed by atoms with Crippen molar-refractivity contribution < 1.29 is 121 Å². The van der Waals surface area contributed by atoms with Gasteiger partial charge in [-0.25, -0.2) is 8.78 Å². The first kappa shape index (κ1) is 46.7. The monoisotopic (exact) mass is 816 g/mol. The Kier molecular flexibility index (Phi) is 11.9. The molecular formula is C25H15F23O4. The third-order valence-corrected chi connectivity index (χ3v) is 6.93. The van der Waals surface area contributed by atoms with E-state index in [-0.39, 0.29) is 49.4 Å². The molecule has 2 rings (SSSR count). The molecule has 0 amide bonds. The molecule has 300 valence electrons. The van der Waals surface area contributed by atoms with Gasteiger partial charge in [-0.3, -0.25) is 0 Å². The minimum absolute atomic E-state index is 0.0322. The van der Waals surface area contributed by atoms with E-state index in [1.54, 1.807) is 0 Å². The molecule has 0 heterocycles. The van der Waals surface area contributed by atoms with E-state index in [4.69, 9.17) is 15.3 Å². The predicted molar refractivity (Wildman–Crippen MR) is 121 cm³/mol. The highest BCUT2D eigenvalue weighted by atomic mass is 19.4. The lowest BCUT2D eigenvalue weighted by Crippen LogP contribution is -2.55. The molecule has 0 spiro atoms. The summed E-state index contributed by atoms with van der Waals surface area (Å²) >= 11 is 0. The summed E-state index contributed by atoms with van der Waals surface area (Å²) in [5.74, 6) is -4.89. The maximum atomic E-state index is 13.3. The Bertz CT molecular complexity index is 1350. The van der Waals surface area contributed by atoms with Crippen LogP contribution in [0.25, 0.3) is 0 Å². The molecule has 0 saturated heterocycles. The van der Waals surface area contributed by atoms with Crippen molar-refractivity contribution in [1.82, 2.24) is 0 Å². The molecule has 27 heteroatoms. The molecule has 4 N–H and O–H groups in total. The number of hydrogen-bond donors (Lipinski definition) is 4. The van der Waals surface area contributed by atoms with Crippen LogP contribution in [0.3, 0.4) is 0 Å². The smallest absolute Gasteiger partial charge is 0.372 e. The van der Waals surface area contributed by atoms with Crippen molar-refractivity contribution in [3.8, 4) is 0 Å². The van der Waals surface area contributed by atoms with Gasteiger partial charge in [0.2, 0.25) is 5.60 Å². The zero-order chi connectivity index (χ0) is 42.0. The van der Waals surface area contributed by atoms with Crippen LogP contribution in [0.15, 0.2) is 48.5 Å². The van der Waals surface area contributed by atoms with E-state index >= 15 is 0 Å². The van der Waals surface area contributed by atoms with Crippen LogP contribution in [0.5, 0.6) is 0 Å². The lowest BCUT2D eigenvalue weighted by atomic mass is 9.84. The van der Waals surface area contributed by atoms with Crippen LogP contribution in [-0.2, 0) is 22.4 Å². The molecule has 2 aromatic rings. The highest BCUT2D eigenvalue weighted by Crippen LogP contribution is 2.55. The van der Waals surface area contributed by atoms with Crippen LogP contribution in [0.2, 0.25) is 0 Å². The van der Waals surface area contributed by atoms with Crippen LogP contribution >= 0.6 is 0 Å². The van der Waals surface area contributed by atoms with Crippen LogP contribution in [-0.4, -0.2) is 69.6 Å². The second-order valence-electron chi connectivity index (χ2n) is 10.4. The summed E-state index contributed by atoms with van der Waals surface area (Å²) < 4.78 is 294. The molecule has 1 atom stereocenters. The van der Waals surface area contributed by atoms with Crippen molar-refractivity contribution in [1.29, 1.82) is 0 Å². The molecule has 0 aliphatic carbocycles. The van der Waals surface area contributed by atoms with Gasteiger partial charge in [0, 0.05) is 23.6 Å². The fourth-order valence-corrected chi connectivity index (χ4v) is 4.05. The molecule has 0 saturated carbocycles. The van der Waals surface area contributed by atoms with Crippen molar-refractivity contribution in [2.75, 3.05) is 0 Å². The molecule has 52 heavy (non-hydrogen) atoms. The standard InChI is InChI=1S/C13H9F11O2.C12H6F12O2/c1-8(14,15)9(25,11(16,17)18)6-2-4-7(5-3-6)10(26,12(19,20)21)13(22,23)24;13-9(14,15)7(25,10(16,17)18)5-2-1-3-6(4-5)8(26,11(19,20)21)12(22,23)24/h2-5,25-26H,1H3;1-4,25-26H. The zero-order valence-corrected chi connectivity index (χ0v) is 24.1. The van der Waals surface area contributed by atoms with Gasteiger partial charge in [-0.15, -0.1) is 0 Å². The number of alkyl halides is 23. The molecule has 1 unspecified atom stereocenters. The Morgan fingerprint density at radius 1 is 0.308 bits per heavy atom. The third kappa shape index (κ3) is 7.67. The van der Waals surface area contributed by atoms with Crippen molar-refractivity contribution in [3.63, 3.8) is 0 Å². The Balaban J connectivity index is 0.000000520. The molecule has 0 radical (unpaired) electrons. The van der Waals surface area contributed by atoms with Gasteiger partial charge >= 0.3 is 43.2 Å². The van der Waals surface area contributed by atoms with E-state index in [0.717, 1.165) is 0 Å². The quantitative estimate of drug-likeness (QED) is 0.228. The maximum Gasteiger partial charge on any atom is 0.430 e. The van der Waals surface area contributed by atoms with E-state index in [2.05, 4.69) is 0 Å². The average Bonchev–Trinajstić information content (AvgIpc) is 2.91. The molecule has 0 aliphatic rings. The first-order valence-electron chi connectivity index (χ1n) is 12.4. The summed E-state index contributed by atoms with van der Waals surface area (Å²) in [6.45, 7) is -0.337. The molecular weight excluding hydrogens is 801 g/mol. The Morgan fingerprint density at radius 3 is 0.692 bits per heavy atom. The SMILES string of the molecule is CC(F)(F)C(O)(c1ccc(C(O)(C(F)(F)F)C(F)(F)F)cc1)C(F)(F)F.OC(c1cccc(C(O)(C(F)(F)F)C(F)(F)F)c1)(C(F)(F)F)C(F)(F)F. The van der Waals surface area contributed by atoms with Gasteiger partial charge in [-0.2, -0.15) is 92.2 Å². The van der Waals surface area contributed by atoms with Gasteiger partial charge in [0.05, 0.1) is 0 Å². The van der Waals surface area contributed by atoms with Gasteiger partial charge in [-0.05, 0) is 11.6 Å². The van der Waals surface area contributed by atoms with Crippen LogP contribution in [0.4, 0.5) is 101 Å². The minimum Gasteiger partial charge on any atom is -0.372 e. The maximum absolute atomic E-state index is 13.3. The lowest BCUT2D eigenvalue weighted by molar-refractivity contribution is -0.378. The number of benzene rings is 2. The molecule has 0 bridgehead atoms. The van der Waals surface area contributed by atoms with E-state index in [1.807, 2.05) is 0 Å². The van der Waals surface area contributed by atoms with Crippen molar-refractivity contribution in [3.05, 3.63) is 70.8 Å². The number of hydrogen-bond acceptors (Lipinski definition) is 4. The van der Waals surface area contributed by atoms with E-state index in [0.29, 0.717) is 0 Å². The third-order valence-electron chi connectivity index (χ3n) is 6.93. The molecule has 0 aliphatic heterocycles. The largest absolute Gasteiger partial charge is 0.430 e. The Labute approximate surface area is 271 Å². The van der Waals surface area contributed by atoms with Crippen molar-refractivity contribution >= 4 is 0 Å². The topological polar surface area (TPSA) is 80.9 Å². The number of rotatable bonds is 5. The first-order valence-corrected chi connectivity index (χ1v) is 12.4. The van der Waals surface area contributed by atoms with Crippen molar-refractivity contribution in [2.24, 2.45) is 0 Å². The van der Waals surface area contributed by atoms with Gasteiger partial charge < -0.3 is 20.4 Å². The van der Waals surface area contributed by atoms with E-state index < -0.39 is 99.9 Å². The lowest BCUT2D eigenvalue weighted by Gasteiger charge is -2.36. The van der Waals surface area contributed by atoms with Crippen LogP contribution in [0.1, 0.15) is 29.2 Å². The van der Waals surface area contributed by atoms with Gasteiger partial charge in [-0.1, -0.05) is 42.5 Å². The molecule has 0 fully saturated rings. The summed E-state index contributed by atoms with van der Waals surface area (Å²) in [7, 11) is 0. The fourth-order valence-electron chi connectivity index (χ4n) is 4.05. The molecule has 2 aromatic carbocycles. The number of aliphatic hydroxyl groups is 4. The van der Waals surface area contributed by atoms with Crippen LogP contribution < -0.4 is 0 Å². The van der Waals surface area contributed by atoms with Gasteiger partial charge in [0.25, 0.3) is 22.7 Å². The Hall–Kier alpha value is -3.33. The minimum atomic E-state index is -6.54. The van der Waals surface area contributed by atoms with Gasteiger partial charge in [0.1, 0.15) is 0 Å². The summed E-state index contributed by atoms with van der Waals surface area (Å²) in [6, 6.07) is -2.23. The Morgan fingerprint density at radius 2 is 0.500 bits per heavy atom. The second-order valence-corrected chi connectivity index (χ2v) is 10.4. The predicted octanol–water partition coefficient (Wildman–Crippen LogP) is 8.71. The normalized spacial score (nSPS) is 16.2. The van der Waals surface area contributed by atoms with E-state index in [9.17, 15) is 106 Å². The molecule has 4 nitrogen and oxygen atoms in total. The van der Waals surface area contributed by atoms with Crippen molar-refractivity contribution in [2.45, 2.75) is 78.5 Å². The second kappa shape index (κ2) is 13.2. The van der Waals surface area contributed by atoms with Gasteiger partial charge in [0.15, 0.2) is 0 Å². The summed E-state index contributed by atoms with van der Waals surface area (Å²) in [4.78, 5) is 0. The summed E-state index contributed by atoms with van der Waals surface area (Å²) in [6.07, 6.45) is -44.8. The van der Waals surface area contributed by atoms with E-state index in [1.165, 1.54) is 0 Å².